The molecule has 0 saturated heterocycles. The molecule has 31 heavy (non-hydrogen) atoms. The third kappa shape index (κ3) is 4.96. The third-order valence-electron chi connectivity index (χ3n) is 4.55. The molecule has 0 bridgehead atoms. The minimum atomic E-state index is -0.330. The standard InChI is InChI=1S/C24H19N3O2S2/c1-15-13-17(25-24(30)27-21(28)12-11-16-7-3-2-4-8-16)14-18(22(15)29)23-26-19-9-5-6-10-20(19)31-23/h2-14,29H,1H3,(H2,25,27,28,30). The maximum atomic E-state index is 12.2. The summed E-state index contributed by atoms with van der Waals surface area (Å²) >= 11 is 6.78. The first-order chi connectivity index (χ1) is 15.0. The van der Waals surface area contributed by atoms with Gasteiger partial charge in [0, 0.05) is 11.8 Å². The van der Waals surface area contributed by atoms with Crippen molar-refractivity contribution in [3.05, 3.63) is 83.9 Å². The van der Waals surface area contributed by atoms with E-state index in [1.54, 1.807) is 18.2 Å². The number of hydrogen-bond acceptors (Lipinski definition) is 5. The van der Waals surface area contributed by atoms with Gasteiger partial charge >= 0.3 is 0 Å². The topological polar surface area (TPSA) is 74.2 Å². The summed E-state index contributed by atoms with van der Waals surface area (Å²) in [6.45, 7) is 1.81. The van der Waals surface area contributed by atoms with Gasteiger partial charge in [-0.3, -0.25) is 10.1 Å². The van der Waals surface area contributed by atoms with Crippen LogP contribution in [0.25, 0.3) is 26.9 Å². The number of aromatic nitrogens is 1. The van der Waals surface area contributed by atoms with Crippen molar-refractivity contribution in [1.82, 2.24) is 10.3 Å². The number of benzene rings is 3. The van der Waals surface area contributed by atoms with Crippen LogP contribution in [0.5, 0.6) is 5.75 Å². The number of phenols is 1. The highest BCUT2D eigenvalue weighted by Crippen LogP contribution is 2.38. The van der Waals surface area contributed by atoms with Gasteiger partial charge in [0.05, 0.1) is 15.8 Å². The van der Waals surface area contributed by atoms with Gasteiger partial charge in [0.1, 0.15) is 10.8 Å². The van der Waals surface area contributed by atoms with Crippen LogP contribution in [-0.2, 0) is 4.79 Å². The molecule has 1 amide bonds. The average molecular weight is 446 g/mol. The first kappa shape index (κ1) is 20.7. The predicted octanol–water partition coefficient (Wildman–Crippen LogP) is 5.50. The van der Waals surface area contributed by atoms with Crippen molar-refractivity contribution in [3.63, 3.8) is 0 Å². The van der Waals surface area contributed by atoms with Crippen molar-refractivity contribution >= 4 is 56.6 Å². The SMILES string of the molecule is Cc1cc(NC(=S)NC(=O)C=Cc2ccccc2)cc(-c2nc3ccccc3s2)c1O. The largest absolute Gasteiger partial charge is 0.507 e. The smallest absolute Gasteiger partial charge is 0.250 e. The molecule has 5 nitrogen and oxygen atoms in total. The summed E-state index contributed by atoms with van der Waals surface area (Å²) in [4.78, 5) is 16.8. The van der Waals surface area contributed by atoms with Gasteiger partial charge in [0.25, 0.3) is 0 Å². The van der Waals surface area contributed by atoms with Gasteiger partial charge in [-0.2, -0.15) is 0 Å². The fraction of sp³-hybridized carbons (Fsp3) is 0.0417. The zero-order valence-corrected chi connectivity index (χ0v) is 18.3. The van der Waals surface area contributed by atoms with Gasteiger partial charge in [-0.15, -0.1) is 11.3 Å². The number of anilines is 1. The number of nitrogens with one attached hydrogen (secondary N) is 2. The molecular weight excluding hydrogens is 426 g/mol. The molecule has 3 N–H and O–H groups in total. The first-order valence-electron chi connectivity index (χ1n) is 9.54. The van der Waals surface area contributed by atoms with Gasteiger partial charge < -0.3 is 10.4 Å². The Balaban J connectivity index is 1.50. The van der Waals surface area contributed by atoms with Crippen LogP contribution in [0.3, 0.4) is 0 Å². The minimum absolute atomic E-state index is 0.169. The van der Waals surface area contributed by atoms with E-state index >= 15 is 0 Å². The van der Waals surface area contributed by atoms with Crippen LogP contribution >= 0.6 is 23.6 Å². The van der Waals surface area contributed by atoms with Crippen LogP contribution in [0, 0.1) is 6.92 Å². The second-order valence-corrected chi connectivity index (χ2v) is 8.30. The van der Waals surface area contributed by atoms with Crippen molar-refractivity contribution in [2.75, 3.05) is 5.32 Å². The van der Waals surface area contributed by atoms with Crippen LogP contribution in [0.15, 0.2) is 72.8 Å². The van der Waals surface area contributed by atoms with E-state index in [2.05, 4.69) is 15.6 Å². The van der Waals surface area contributed by atoms with Gasteiger partial charge in [-0.25, -0.2) is 4.98 Å². The second kappa shape index (κ2) is 9.07. The Morgan fingerprint density at radius 3 is 2.61 bits per heavy atom. The molecule has 4 rings (SSSR count). The molecule has 1 aromatic heterocycles. The van der Waals surface area contributed by atoms with Gasteiger partial charge in [0.15, 0.2) is 5.11 Å². The molecule has 7 heteroatoms. The summed E-state index contributed by atoms with van der Waals surface area (Å²) in [6, 6.07) is 20.9. The molecule has 0 fully saturated rings. The van der Waals surface area contributed by atoms with Crippen LogP contribution in [0.1, 0.15) is 11.1 Å². The molecule has 1 heterocycles. The molecule has 0 radical (unpaired) electrons. The van der Waals surface area contributed by atoms with E-state index < -0.39 is 0 Å². The fourth-order valence-electron chi connectivity index (χ4n) is 3.05. The highest BCUT2D eigenvalue weighted by molar-refractivity contribution is 7.80. The Bertz CT molecular complexity index is 1260. The van der Waals surface area contributed by atoms with Crippen molar-refractivity contribution in [1.29, 1.82) is 0 Å². The van der Waals surface area contributed by atoms with Crippen molar-refractivity contribution in [2.24, 2.45) is 0 Å². The Morgan fingerprint density at radius 1 is 1.10 bits per heavy atom. The number of phenolic OH excluding ortho intramolecular Hbond substituents is 1. The minimum Gasteiger partial charge on any atom is -0.507 e. The molecule has 0 spiro atoms. The van der Waals surface area contributed by atoms with Crippen LogP contribution < -0.4 is 10.6 Å². The zero-order chi connectivity index (χ0) is 21.8. The normalized spacial score (nSPS) is 11.0. The van der Waals surface area contributed by atoms with E-state index in [9.17, 15) is 9.90 Å². The average Bonchev–Trinajstić information content (AvgIpc) is 3.19. The summed E-state index contributed by atoms with van der Waals surface area (Å²) in [5.74, 6) is -0.159. The molecular formula is C24H19N3O2S2. The lowest BCUT2D eigenvalue weighted by Gasteiger charge is -2.12. The maximum absolute atomic E-state index is 12.2. The van der Waals surface area contributed by atoms with E-state index in [0.717, 1.165) is 15.8 Å². The molecule has 0 aliphatic rings. The van der Waals surface area contributed by atoms with Crippen LogP contribution in [-0.4, -0.2) is 21.1 Å². The van der Waals surface area contributed by atoms with Gasteiger partial charge in [-0.1, -0.05) is 42.5 Å². The van der Waals surface area contributed by atoms with Crippen LogP contribution in [0.4, 0.5) is 5.69 Å². The van der Waals surface area contributed by atoms with Crippen molar-refractivity contribution < 1.29 is 9.90 Å². The number of aromatic hydroxyl groups is 1. The van der Waals surface area contributed by atoms with E-state index in [0.29, 0.717) is 21.8 Å². The lowest BCUT2D eigenvalue weighted by Crippen LogP contribution is -2.32. The number of rotatable bonds is 4. The summed E-state index contributed by atoms with van der Waals surface area (Å²) in [7, 11) is 0. The summed E-state index contributed by atoms with van der Waals surface area (Å²) < 4.78 is 1.04. The lowest BCUT2D eigenvalue weighted by molar-refractivity contribution is -0.115. The number of carbonyl (C=O) groups excluding carboxylic acids is 1. The van der Waals surface area contributed by atoms with Crippen molar-refractivity contribution in [3.8, 4) is 16.3 Å². The second-order valence-electron chi connectivity index (χ2n) is 6.86. The molecule has 4 aromatic rings. The lowest BCUT2D eigenvalue weighted by atomic mass is 10.1. The third-order valence-corrected chi connectivity index (χ3v) is 5.82. The van der Waals surface area contributed by atoms with Crippen LogP contribution in [0.2, 0.25) is 0 Å². The number of carbonyl (C=O) groups is 1. The molecule has 0 aliphatic heterocycles. The highest BCUT2D eigenvalue weighted by atomic mass is 32.1. The fourth-order valence-corrected chi connectivity index (χ4v) is 4.26. The number of fused-ring (bicyclic) bond motifs is 1. The Labute approximate surface area is 189 Å². The van der Waals surface area contributed by atoms with Gasteiger partial charge in [-0.05, 0) is 60.6 Å². The molecule has 0 unspecified atom stereocenters. The maximum Gasteiger partial charge on any atom is 0.250 e. The number of aryl methyl sites for hydroxylation is 1. The zero-order valence-electron chi connectivity index (χ0n) is 16.6. The van der Waals surface area contributed by atoms with E-state index in [-0.39, 0.29) is 16.8 Å². The number of thiazole rings is 1. The molecule has 0 atom stereocenters. The molecule has 154 valence electrons. The number of amides is 1. The Hall–Kier alpha value is -3.55. The van der Waals surface area contributed by atoms with E-state index in [1.165, 1.54) is 17.4 Å². The van der Waals surface area contributed by atoms with E-state index in [1.807, 2.05) is 61.5 Å². The number of thiocarbonyl (C=S) groups is 1. The monoisotopic (exact) mass is 445 g/mol. The van der Waals surface area contributed by atoms with Gasteiger partial charge in [0.2, 0.25) is 5.91 Å². The Kier molecular flexibility index (Phi) is 6.06. The Morgan fingerprint density at radius 2 is 1.84 bits per heavy atom. The quantitative estimate of drug-likeness (QED) is 0.220. The first-order valence-corrected chi connectivity index (χ1v) is 10.8. The number of hydrogen-bond donors (Lipinski definition) is 3. The predicted molar refractivity (Wildman–Crippen MR) is 131 cm³/mol. The highest BCUT2D eigenvalue weighted by Gasteiger charge is 2.14. The number of para-hydroxylation sites is 1. The molecule has 3 aromatic carbocycles. The molecule has 0 aliphatic carbocycles. The summed E-state index contributed by atoms with van der Waals surface area (Å²) in [6.07, 6.45) is 3.14. The van der Waals surface area contributed by atoms with Crippen molar-refractivity contribution in [2.45, 2.75) is 6.92 Å². The number of nitrogens with zero attached hydrogens (tertiary/aromatic N) is 1. The molecule has 0 saturated carbocycles. The van der Waals surface area contributed by atoms with E-state index in [4.69, 9.17) is 12.2 Å². The summed E-state index contributed by atoms with van der Waals surface area (Å²) in [5.41, 5.74) is 3.75. The summed E-state index contributed by atoms with van der Waals surface area (Å²) in [5, 5.41) is 17.1.